The van der Waals surface area contributed by atoms with Crippen molar-refractivity contribution in [2.75, 3.05) is 0 Å². The van der Waals surface area contributed by atoms with E-state index < -0.39 is 24.5 Å². The second-order valence-electron chi connectivity index (χ2n) is 7.79. The zero-order valence-corrected chi connectivity index (χ0v) is 18.7. The maximum atomic E-state index is 12.6. The highest BCUT2D eigenvalue weighted by atomic mass is 19.4. The molecule has 0 aliphatic carbocycles. The van der Waals surface area contributed by atoms with Crippen molar-refractivity contribution in [3.63, 3.8) is 0 Å². The number of carboxylic acid groups (broad SMARTS) is 1. The number of aromatic nitrogens is 2. The van der Waals surface area contributed by atoms with Crippen LogP contribution in [0.15, 0.2) is 66.7 Å². The van der Waals surface area contributed by atoms with E-state index in [1.165, 1.54) is 31.2 Å². The molecule has 10 heteroatoms. The lowest BCUT2D eigenvalue weighted by atomic mass is 10.0. The molecule has 1 heterocycles. The first-order chi connectivity index (χ1) is 16.6. The molecule has 4 aromatic rings. The summed E-state index contributed by atoms with van der Waals surface area (Å²) in [7, 11) is 0. The number of hydrogen-bond acceptors (Lipinski definition) is 5. The molecular formula is C25H21F3N2O5. The van der Waals surface area contributed by atoms with Gasteiger partial charge in [-0.2, -0.15) is 5.10 Å². The summed E-state index contributed by atoms with van der Waals surface area (Å²) in [4.78, 5) is 11.1. The van der Waals surface area contributed by atoms with Crippen LogP contribution in [0.5, 0.6) is 17.2 Å². The maximum Gasteiger partial charge on any atom is 0.573 e. The van der Waals surface area contributed by atoms with Crippen molar-refractivity contribution in [3.05, 3.63) is 83.6 Å². The Labute approximate surface area is 198 Å². The fourth-order valence-corrected chi connectivity index (χ4v) is 3.51. The number of aryl methyl sites for hydroxylation is 1. The largest absolute Gasteiger partial charge is 0.573 e. The molecule has 0 saturated carbocycles. The van der Waals surface area contributed by atoms with Gasteiger partial charge >= 0.3 is 12.3 Å². The van der Waals surface area contributed by atoms with E-state index in [1.807, 2.05) is 24.3 Å². The monoisotopic (exact) mass is 486 g/mol. The van der Waals surface area contributed by atoms with Crippen molar-refractivity contribution in [1.82, 2.24) is 10.2 Å². The molecule has 0 saturated heterocycles. The lowest BCUT2D eigenvalue weighted by Crippen LogP contribution is -2.23. The Morgan fingerprint density at radius 1 is 1.00 bits per heavy atom. The van der Waals surface area contributed by atoms with E-state index in [0.717, 1.165) is 10.9 Å². The second kappa shape index (κ2) is 9.57. The van der Waals surface area contributed by atoms with Gasteiger partial charge in [0.15, 0.2) is 12.2 Å². The molecule has 2 N–H and O–H groups in total. The number of benzene rings is 3. The Morgan fingerprint density at radius 2 is 1.69 bits per heavy atom. The third-order valence-corrected chi connectivity index (χ3v) is 5.22. The molecule has 0 bridgehead atoms. The molecule has 2 atom stereocenters. The van der Waals surface area contributed by atoms with Crippen molar-refractivity contribution in [2.24, 2.45) is 0 Å². The SMILES string of the molecule is Cc1cc(OC(c2ccc(OC(F)(F)F)cc2)c2n[nH]c3ccccc23)ccc1OC(C)C(=O)O. The molecule has 0 amide bonds. The van der Waals surface area contributed by atoms with Crippen molar-refractivity contribution >= 4 is 16.9 Å². The van der Waals surface area contributed by atoms with E-state index in [1.54, 1.807) is 25.1 Å². The van der Waals surface area contributed by atoms with Crippen molar-refractivity contribution in [1.29, 1.82) is 0 Å². The van der Waals surface area contributed by atoms with Crippen molar-refractivity contribution < 1.29 is 37.3 Å². The standard InChI is InChI=1S/C25H21F3N2O5/c1-14-13-18(11-12-21(14)33-15(2)24(31)32)34-23(22-19-5-3-4-6-20(19)29-30-22)16-7-9-17(10-8-16)35-25(26,27)28/h3-13,15,23H,1-2H3,(H,29,30)(H,31,32). The van der Waals surface area contributed by atoms with Crippen LogP contribution in [-0.4, -0.2) is 33.7 Å². The normalized spacial score (nSPS) is 13.3. The minimum absolute atomic E-state index is 0.350. The van der Waals surface area contributed by atoms with E-state index in [9.17, 15) is 18.0 Å². The molecule has 2 unspecified atom stereocenters. The summed E-state index contributed by atoms with van der Waals surface area (Å²) in [5.74, 6) is -0.613. The zero-order chi connectivity index (χ0) is 25.2. The number of nitrogens with zero attached hydrogens (tertiary/aromatic N) is 1. The Hall–Kier alpha value is -4.21. The number of alkyl halides is 3. The highest BCUT2D eigenvalue weighted by Gasteiger charge is 2.31. The fourth-order valence-electron chi connectivity index (χ4n) is 3.51. The van der Waals surface area contributed by atoms with Gasteiger partial charge < -0.3 is 19.3 Å². The summed E-state index contributed by atoms with van der Waals surface area (Å²) < 4.78 is 53.4. The molecule has 0 spiro atoms. The lowest BCUT2D eigenvalue weighted by Gasteiger charge is -2.20. The van der Waals surface area contributed by atoms with Gasteiger partial charge in [-0.1, -0.05) is 30.3 Å². The van der Waals surface area contributed by atoms with E-state index in [4.69, 9.17) is 14.6 Å². The maximum absolute atomic E-state index is 12.6. The van der Waals surface area contributed by atoms with E-state index >= 15 is 0 Å². The molecule has 1 aromatic heterocycles. The van der Waals surface area contributed by atoms with Gasteiger partial charge in [-0.25, -0.2) is 4.79 Å². The van der Waals surface area contributed by atoms with Crippen molar-refractivity contribution in [3.8, 4) is 17.2 Å². The van der Waals surface area contributed by atoms with Gasteiger partial charge in [-0.05, 0) is 61.4 Å². The molecule has 0 aliphatic heterocycles. The van der Waals surface area contributed by atoms with Crippen LogP contribution in [0.2, 0.25) is 0 Å². The number of carbonyl (C=O) groups is 1. The Morgan fingerprint density at radius 3 is 2.34 bits per heavy atom. The number of H-pyrrole nitrogens is 1. The number of nitrogens with one attached hydrogen (secondary N) is 1. The van der Waals surface area contributed by atoms with Crippen LogP contribution in [0, 0.1) is 6.92 Å². The quantitative estimate of drug-likeness (QED) is 0.327. The number of ether oxygens (including phenoxy) is 3. The van der Waals surface area contributed by atoms with Gasteiger partial charge in [0.05, 0.1) is 5.52 Å². The van der Waals surface area contributed by atoms with E-state index in [2.05, 4.69) is 14.9 Å². The first-order valence-corrected chi connectivity index (χ1v) is 10.6. The number of hydrogen-bond donors (Lipinski definition) is 2. The summed E-state index contributed by atoms with van der Waals surface area (Å²) in [6, 6.07) is 17.7. The number of rotatable bonds is 8. The molecule has 3 aromatic carbocycles. The van der Waals surface area contributed by atoms with Gasteiger partial charge in [0.1, 0.15) is 22.9 Å². The summed E-state index contributed by atoms with van der Waals surface area (Å²) in [5.41, 5.74) is 2.52. The molecule has 182 valence electrons. The minimum atomic E-state index is -4.80. The fraction of sp³-hybridized carbons (Fsp3) is 0.200. The van der Waals surface area contributed by atoms with Crippen LogP contribution in [0.1, 0.15) is 29.8 Å². The van der Waals surface area contributed by atoms with Crippen LogP contribution in [-0.2, 0) is 4.79 Å². The Bertz CT molecular complexity index is 1340. The highest BCUT2D eigenvalue weighted by Crippen LogP contribution is 2.35. The third-order valence-electron chi connectivity index (χ3n) is 5.22. The Balaban J connectivity index is 1.68. The van der Waals surface area contributed by atoms with Gasteiger partial charge in [0.2, 0.25) is 0 Å². The smallest absolute Gasteiger partial charge is 0.479 e. The number of aliphatic carboxylic acids is 1. The predicted molar refractivity (Wildman–Crippen MR) is 121 cm³/mol. The first-order valence-electron chi connectivity index (χ1n) is 10.6. The molecule has 35 heavy (non-hydrogen) atoms. The average Bonchev–Trinajstić information content (AvgIpc) is 3.22. The average molecular weight is 486 g/mol. The summed E-state index contributed by atoms with van der Waals surface area (Å²) >= 11 is 0. The van der Waals surface area contributed by atoms with E-state index in [0.29, 0.717) is 28.3 Å². The van der Waals surface area contributed by atoms with Crippen molar-refractivity contribution in [2.45, 2.75) is 32.4 Å². The number of para-hydroxylation sites is 1. The zero-order valence-electron chi connectivity index (χ0n) is 18.7. The summed E-state index contributed by atoms with van der Waals surface area (Å²) in [5, 5.41) is 17.2. The van der Waals surface area contributed by atoms with Crippen LogP contribution in [0.4, 0.5) is 13.2 Å². The van der Waals surface area contributed by atoms with Gasteiger partial charge in [-0.15, -0.1) is 13.2 Å². The van der Waals surface area contributed by atoms with Gasteiger partial charge in [-0.3, -0.25) is 5.10 Å². The topological polar surface area (TPSA) is 93.7 Å². The molecule has 0 radical (unpaired) electrons. The molecule has 4 rings (SSSR count). The molecule has 7 nitrogen and oxygen atoms in total. The van der Waals surface area contributed by atoms with Gasteiger partial charge in [0, 0.05) is 5.39 Å². The third kappa shape index (κ3) is 5.65. The molecule has 0 aliphatic rings. The van der Waals surface area contributed by atoms with Crippen LogP contribution in [0.3, 0.4) is 0 Å². The number of fused-ring (bicyclic) bond motifs is 1. The van der Waals surface area contributed by atoms with Crippen LogP contribution >= 0.6 is 0 Å². The molecular weight excluding hydrogens is 465 g/mol. The number of halogens is 3. The number of aromatic amines is 1. The first kappa shape index (κ1) is 23.9. The predicted octanol–water partition coefficient (Wildman–Crippen LogP) is 5.79. The van der Waals surface area contributed by atoms with Crippen LogP contribution < -0.4 is 14.2 Å². The lowest BCUT2D eigenvalue weighted by molar-refractivity contribution is -0.274. The van der Waals surface area contributed by atoms with E-state index in [-0.39, 0.29) is 5.75 Å². The molecule has 0 fully saturated rings. The minimum Gasteiger partial charge on any atom is -0.479 e. The highest BCUT2D eigenvalue weighted by molar-refractivity contribution is 5.82. The summed E-state index contributed by atoms with van der Waals surface area (Å²) in [6.07, 6.45) is -6.59. The Kier molecular flexibility index (Phi) is 6.54. The van der Waals surface area contributed by atoms with Crippen LogP contribution in [0.25, 0.3) is 10.9 Å². The second-order valence-corrected chi connectivity index (χ2v) is 7.79. The summed E-state index contributed by atoms with van der Waals surface area (Å²) in [6.45, 7) is 3.18. The number of carboxylic acids is 1. The van der Waals surface area contributed by atoms with Gasteiger partial charge in [0.25, 0.3) is 0 Å².